The highest BCUT2D eigenvalue weighted by atomic mass is 16.5. The fraction of sp³-hybridized carbons (Fsp3) is 0.538. The molecule has 2 rings (SSSR count). The van der Waals surface area contributed by atoms with Crippen molar-refractivity contribution in [2.24, 2.45) is 5.73 Å². The van der Waals surface area contributed by atoms with Crippen molar-refractivity contribution < 1.29 is 9.47 Å². The first-order chi connectivity index (χ1) is 7.81. The third-order valence-corrected chi connectivity index (χ3v) is 2.92. The average molecular weight is 221 g/mol. The third-order valence-electron chi connectivity index (χ3n) is 2.92. The van der Waals surface area contributed by atoms with Crippen LogP contribution in [0.3, 0.4) is 0 Å². The zero-order valence-corrected chi connectivity index (χ0v) is 9.69. The fourth-order valence-electron chi connectivity index (χ4n) is 2.08. The highest BCUT2D eigenvalue weighted by molar-refractivity contribution is 5.31. The molecule has 0 bridgehead atoms. The zero-order chi connectivity index (χ0) is 11.4. The van der Waals surface area contributed by atoms with E-state index in [9.17, 15) is 0 Å². The molecule has 1 aromatic carbocycles. The van der Waals surface area contributed by atoms with Crippen LogP contribution in [0.5, 0.6) is 5.75 Å². The Balaban J connectivity index is 2.09. The molecule has 1 aromatic rings. The van der Waals surface area contributed by atoms with Gasteiger partial charge in [-0.3, -0.25) is 0 Å². The Morgan fingerprint density at radius 3 is 3.12 bits per heavy atom. The molecular formula is C13H19NO2. The van der Waals surface area contributed by atoms with E-state index in [1.165, 1.54) is 0 Å². The molecule has 88 valence electrons. The van der Waals surface area contributed by atoms with Crippen LogP contribution in [-0.2, 0) is 4.74 Å². The highest BCUT2D eigenvalue weighted by Crippen LogP contribution is 2.26. The van der Waals surface area contributed by atoms with Crippen molar-refractivity contribution in [1.29, 1.82) is 0 Å². The van der Waals surface area contributed by atoms with E-state index in [0.717, 1.165) is 30.8 Å². The molecule has 0 aliphatic carbocycles. The largest absolute Gasteiger partial charge is 0.494 e. The summed E-state index contributed by atoms with van der Waals surface area (Å²) in [6, 6.07) is 7.94. The van der Waals surface area contributed by atoms with E-state index in [1.54, 1.807) is 0 Å². The normalized spacial score (nSPS) is 22.0. The molecule has 1 aliphatic rings. The molecule has 2 atom stereocenters. The van der Waals surface area contributed by atoms with Gasteiger partial charge in [0, 0.05) is 6.61 Å². The van der Waals surface area contributed by atoms with Crippen LogP contribution >= 0.6 is 0 Å². The minimum Gasteiger partial charge on any atom is -0.494 e. The van der Waals surface area contributed by atoms with E-state index in [1.807, 2.05) is 31.2 Å². The quantitative estimate of drug-likeness (QED) is 0.848. The smallest absolute Gasteiger partial charge is 0.119 e. The minimum absolute atomic E-state index is 0.0390. The van der Waals surface area contributed by atoms with E-state index in [0.29, 0.717) is 6.61 Å². The lowest BCUT2D eigenvalue weighted by molar-refractivity contribution is 0.0900. The molecule has 1 heterocycles. The molecule has 1 saturated heterocycles. The van der Waals surface area contributed by atoms with E-state index >= 15 is 0 Å². The summed E-state index contributed by atoms with van der Waals surface area (Å²) in [4.78, 5) is 0. The number of nitrogens with two attached hydrogens (primary N) is 1. The Morgan fingerprint density at radius 1 is 1.56 bits per heavy atom. The van der Waals surface area contributed by atoms with Crippen LogP contribution in [0.4, 0.5) is 0 Å². The van der Waals surface area contributed by atoms with E-state index < -0.39 is 0 Å². The van der Waals surface area contributed by atoms with Gasteiger partial charge in [-0.2, -0.15) is 0 Å². The summed E-state index contributed by atoms with van der Waals surface area (Å²) >= 11 is 0. The number of ether oxygens (including phenoxy) is 2. The number of hydrogen-bond donors (Lipinski definition) is 1. The van der Waals surface area contributed by atoms with Gasteiger partial charge in [0.2, 0.25) is 0 Å². The van der Waals surface area contributed by atoms with Crippen LogP contribution in [-0.4, -0.2) is 19.3 Å². The van der Waals surface area contributed by atoms with Crippen LogP contribution < -0.4 is 10.5 Å². The van der Waals surface area contributed by atoms with Crippen molar-refractivity contribution in [1.82, 2.24) is 0 Å². The summed E-state index contributed by atoms with van der Waals surface area (Å²) in [5.41, 5.74) is 7.28. The maximum absolute atomic E-state index is 6.18. The summed E-state index contributed by atoms with van der Waals surface area (Å²) in [6.45, 7) is 3.49. The molecule has 1 aliphatic heterocycles. The lowest BCUT2D eigenvalue weighted by Crippen LogP contribution is -2.25. The monoisotopic (exact) mass is 221 g/mol. The SMILES string of the molecule is CCOc1cccc(C(N)C2CCCO2)c1. The molecule has 1 fully saturated rings. The van der Waals surface area contributed by atoms with E-state index in [-0.39, 0.29) is 12.1 Å². The van der Waals surface area contributed by atoms with Crippen LogP contribution in [0.2, 0.25) is 0 Å². The molecular weight excluding hydrogens is 202 g/mol. The van der Waals surface area contributed by atoms with Gasteiger partial charge < -0.3 is 15.2 Å². The molecule has 0 amide bonds. The lowest BCUT2D eigenvalue weighted by Gasteiger charge is -2.19. The molecule has 16 heavy (non-hydrogen) atoms. The summed E-state index contributed by atoms with van der Waals surface area (Å²) < 4.78 is 11.1. The summed E-state index contributed by atoms with van der Waals surface area (Å²) in [6.07, 6.45) is 2.33. The first kappa shape index (κ1) is 11.4. The Hall–Kier alpha value is -1.06. The maximum atomic E-state index is 6.18. The highest BCUT2D eigenvalue weighted by Gasteiger charge is 2.24. The molecule has 2 N–H and O–H groups in total. The van der Waals surface area contributed by atoms with E-state index in [2.05, 4.69) is 0 Å². The zero-order valence-electron chi connectivity index (χ0n) is 9.69. The second-order valence-electron chi connectivity index (χ2n) is 4.08. The number of hydrogen-bond acceptors (Lipinski definition) is 3. The predicted molar refractivity (Wildman–Crippen MR) is 63.5 cm³/mol. The van der Waals surface area contributed by atoms with Gasteiger partial charge in [0.1, 0.15) is 5.75 Å². The van der Waals surface area contributed by atoms with Gasteiger partial charge in [-0.25, -0.2) is 0 Å². The summed E-state index contributed by atoms with van der Waals surface area (Å²) in [5, 5.41) is 0. The lowest BCUT2D eigenvalue weighted by atomic mass is 10.0. The molecule has 3 nitrogen and oxygen atoms in total. The minimum atomic E-state index is -0.0390. The van der Waals surface area contributed by atoms with Crippen molar-refractivity contribution in [2.45, 2.75) is 31.9 Å². The maximum Gasteiger partial charge on any atom is 0.119 e. The fourth-order valence-corrected chi connectivity index (χ4v) is 2.08. The Kier molecular flexibility index (Phi) is 3.80. The summed E-state index contributed by atoms with van der Waals surface area (Å²) in [7, 11) is 0. The first-order valence-corrected chi connectivity index (χ1v) is 5.91. The van der Waals surface area contributed by atoms with Crippen LogP contribution in [0.15, 0.2) is 24.3 Å². The molecule has 0 aromatic heterocycles. The van der Waals surface area contributed by atoms with Gasteiger partial charge in [-0.1, -0.05) is 12.1 Å². The van der Waals surface area contributed by atoms with Crippen molar-refractivity contribution >= 4 is 0 Å². The van der Waals surface area contributed by atoms with Crippen LogP contribution in [0, 0.1) is 0 Å². The average Bonchev–Trinajstić information content (AvgIpc) is 2.82. The van der Waals surface area contributed by atoms with Gasteiger partial charge in [-0.05, 0) is 37.5 Å². The standard InChI is InChI=1S/C13H19NO2/c1-2-15-11-6-3-5-10(9-11)13(14)12-7-4-8-16-12/h3,5-6,9,12-13H,2,4,7-8,14H2,1H3. The Morgan fingerprint density at radius 2 is 2.44 bits per heavy atom. The van der Waals surface area contributed by atoms with Gasteiger partial charge >= 0.3 is 0 Å². The molecule has 0 spiro atoms. The number of rotatable bonds is 4. The van der Waals surface area contributed by atoms with Gasteiger partial charge in [-0.15, -0.1) is 0 Å². The van der Waals surface area contributed by atoms with E-state index in [4.69, 9.17) is 15.2 Å². The molecule has 2 unspecified atom stereocenters. The van der Waals surface area contributed by atoms with Crippen molar-refractivity contribution in [3.8, 4) is 5.75 Å². The molecule has 0 radical (unpaired) electrons. The second kappa shape index (κ2) is 5.32. The Labute approximate surface area is 96.5 Å². The van der Waals surface area contributed by atoms with Gasteiger partial charge in [0.15, 0.2) is 0 Å². The summed E-state index contributed by atoms with van der Waals surface area (Å²) in [5.74, 6) is 0.883. The van der Waals surface area contributed by atoms with Crippen LogP contribution in [0.1, 0.15) is 31.4 Å². The van der Waals surface area contributed by atoms with Crippen LogP contribution in [0.25, 0.3) is 0 Å². The van der Waals surface area contributed by atoms with Gasteiger partial charge in [0.25, 0.3) is 0 Å². The first-order valence-electron chi connectivity index (χ1n) is 5.91. The molecule has 3 heteroatoms. The molecule has 0 saturated carbocycles. The van der Waals surface area contributed by atoms with Crippen molar-refractivity contribution in [3.63, 3.8) is 0 Å². The topological polar surface area (TPSA) is 44.5 Å². The van der Waals surface area contributed by atoms with Crippen molar-refractivity contribution in [3.05, 3.63) is 29.8 Å². The van der Waals surface area contributed by atoms with Gasteiger partial charge in [0.05, 0.1) is 18.8 Å². The number of benzene rings is 1. The Bertz CT molecular complexity index is 334. The predicted octanol–water partition coefficient (Wildman–Crippen LogP) is 2.26. The second-order valence-corrected chi connectivity index (χ2v) is 4.08. The third kappa shape index (κ3) is 2.54. The van der Waals surface area contributed by atoms with Crippen molar-refractivity contribution in [2.75, 3.05) is 13.2 Å².